The second kappa shape index (κ2) is 9.41. The van der Waals surface area contributed by atoms with Crippen molar-refractivity contribution in [1.29, 1.82) is 0 Å². The molecule has 156 valence electrons. The van der Waals surface area contributed by atoms with E-state index in [1.807, 2.05) is 22.9 Å². The van der Waals surface area contributed by atoms with E-state index >= 15 is 0 Å². The van der Waals surface area contributed by atoms with Gasteiger partial charge in [-0.25, -0.2) is 4.98 Å². The van der Waals surface area contributed by atoms with Crippen molar-refractivity contribution in [3.63, 3.8) is 0 Å². The van der Waals surface area contributed by atoms with Gasteiger partial charge in [0.2, 0.25) is 0 Å². The zero-order valence-corrected chi connectivity index (χ0v) is 16.7. The summed E-state index contributed by atoms with van der Waals surface area (Å²) in [5.41, 5.74) is 0.556. The van der Waals surface area contributed by atoms with Crippen LogP contribution in [0.1, 0.15) is 48.5 Å². The maximum absolute atomic E-state index is 12.8. The fourth-order valence-electron chi connectivity index (χ4n) is 4.38. The van der Waals surface area contributed by atoms with E-state index in [1.165, 1.54) is 12.8 Å². The summed E-state index contributed by atoms with van der Waals surface area (Å²) in [4.78, 5) is 19.3. The average Bonchev–Trinajstić information content (AvgIpc) is 3.44. The molecule has 2 fully saturated rings. The van der Waals surface area contributed by atoms with Gasteiger partial charge in [-0.3, -0.25) is 9.69 Å². The Morgan fingerprint density at radius 1 is 1.24 bits per heavy atom. The average molecular weight is 399 g/mol. The maximum Gasteiger partial charge on any atom is 0.251 e. The number of benzene rings is 1. The number of aliphatic hydroxyl groups excluding tert-OH is 1. The fraction of sp³-hybridized carbons (Fsp3) is 0.545. The third kappa shape index (κ3) is 4.97. The quantitative estimate of drug-likeness (QED) is 0.748. The van der Waals surface area contributed by atoms with E-state index in [2.05, 4.69) is 15.2 Å². The number of rotatable bonds is 7. The van der Waals surface area contributed by atoms with Crippen molar-refractivity contribution >= 4 is 5.91 Å². The Kier molecular flexibility index (Phi) is 6.46. The highest BCUT2D eigenvalue weighted by molar-refractivity contribution is 5.94. The van der Waals surface area contributed by atoms with Crippen LogP contribution in [-0.4, -0.2) is 63.9 Å². The number of imidazole rings is 1. The van der Waals surface area contributed by atoms with Crippen molar-refractivity contribution in [2.24, 2.45) is 0 Å². The maximum atomic E-state index is 12.8. The predicted octanol–water partition coefficient (Wildman–Crippen LogP) is 2.24. The third-order valence-electron chi connectivity index (χ3n) is 6.02. The first-order chi connectivity index (χ1) is 14.2. The Hall–Kier alpha value is -2.38. The molecule has 1 aliphatic heterocycles. The number of carbonyl (C=O) groups excluding carboxylic acids is 1. The summed E-state index contributed by atoms with van der Waals surface area (Å²) in [6, 6.07) is 6.95. The number of nitrogens with zero attached hydrogens (tertiary/aromatic N) is 3. The molecule has 1 aromatic heterocycles. The Balaban J connectivity index is 1.33. The van der Waals surface area contributed by atoms with Gasteiger partial charge in [0.05, 0.1) is 24.5 Å². The van der Waals surface area contributed by atoms with Gasteiger partial charge >= 0.3 is 0 Å². The number of amides is 1. The summed E-state index contributed by atoms with van der Waals surface area (Å²) in [7, 11) is 0. The number of aliphatic hydroxyl groups is 1. The molecule has 1 aromatic carbocycles. The molecule has 1 aliphatic carbocycles. The SMILES string of the molecule is O=C(N[C@@H]1CCC[C@@H](n2ccnc2)[C@@H]1O)c1cccc(OCCN2CCCC2)c1. The summed E-state index contributed by atoms with van der Waals surface area (Å²) in [5.74, 6) is 0.530. The van der Waals surface area contributed by atoms with Crippen LogP contribution in [0.5, 0.6) is 5.75 Å². The van der Waals surface area contributed by atoms with Gasteiger partial charge in [0.25, 0.3) is 5.91 Å². The second-order valence-electron chi connectivity index (χ2n) is 8.00. The van der Waals surface area contributed by atoms with Gasteiger partial charge in [-0.2, -0.15) is 0 Å². The highest BCUT2D eigenvalue weighted by atomic mass is 16.5. The highest BCUT2D eigenvalue weighted by Crippen LogP contribution is 2.29. The van der Waals surface area contributed by atoms with Crippen molar-refractivity contribution in [2.45, 2.75) is 50.3 Å². The van der Waals surface area contributed by atoms with Crippen LogP contribution in [0, 0.1) is 0 Å². The molecule has 3 atom stereocenters. The molecule has 29 heavy (non-hydrogen) atoms. The van der Waals surface area contributed by atoms with E-state index in [0.717, 1.165) is 38.9 Å². The minimum absolute atomic E-state index is 0.0585. The van der Waals surface area contributed by atoms with Gasteiger partial charge in [-0.15, -0.1) is 0 Å². The Morgan fingerprint density at radius 3 is 2.90 bits per heavy atom. The van der Waals surface area contributed by atoms with Gasteiger partial charge < -0.3 is 19.7 Å². The highest BCUT2D eigenvalue weighted by Gasteiger charge is 2.33. The number of ether oxygens (including phenoxy) is 1. The smallest absolute Gasteiger partial charge is 0.251 e. The van der Waals surface area contributed by atoms with E-state index in [4.69, 9.17) is 4.74 Å². The van der Waals surface area contributed by atoms with Crippen LogP contribution >= 0.6 is 0 Å². The van der Waals surface area contributed by atoms with Crippen LogP contribution in [-0.2, 0) is 0 Å². The standard InChI is InChI=1S/C22H30N4O3/c27-21-19(7-4-8-20(21)26-12-9-23-16-26)24-22(28)17-5-3-6-18(15-17)29-14-13-25-10-1-2-11-25/h3,5-6,9,12,15-16,19-21,27H,1-2,4,7-8,10-11,13-14H2,(H,24,28)/t19-,20-,21-/m1/s1. The van der Waals surface area contributed by atoms with E-state index in [0.29, 0.717) is 17.9 Å². The second-order valence-corrected chi connectivity index (χ2v) is 8.00. The third-order valence-corrected chi connectivity index (χ3v) is 6.02. The molecule has 0 spiro atoms. The van der Waals surface area contributed by atoms with Gasteiger partial charge in [0.1, 0.15) is 12.4 Å². The first-order valence-electron chi connectivity index (χ1n) is 10.6. The van der Waals surface area contributed by atoms with E-state index in [1.54, 1.807) is 24.7 Å². The number of carbonyl (C=O) groups is 1. The van der Waals surface area contributed by atoms with Crippen LogP contribution in [0.3, 0.4) is 0 Å². The van der Waals surface area contributed by atoms with Crippen molar-refractivity contribution in [1.82, 2.24) is 19.8 Å². The molecule has 0 radical (unpaired) electrons. The van der Waals surface area contributed by atoms with Crippen LogP contribution < -0.4 is 10.1 Å². The molecular formula is C22H30N4O3. The summed E-state index contributed by atoms with van der Waals surface area (Å²) < 4.78 is 7.78. The Morgan fingerprint density at radius 2 is 2.10 bits per heavy atom. The first-order valence-corrected chi connectivity index (χ1v) is 10.6. The molecule has 7 nitrogen and oxygen atoms in total. The van der Waals surface area contributed by atoms with Crippen molar-refractivity contribution < 1.29 is 14.6 Å². The molecule has 0 bridgehead atoms. The van der Waals surface area contributed by atoms with Crippen molar-refractivity contribution in [2.75, 3.05) is 26.2 Å². The van der Waals surface area contributed by atoms with Crippen LogP contribution in [0.4, 0.5) is 0 Å². The number of hydrogen-bond acceptors (Lipinski definition) is 5. The summed E-state index contributed by atoms with van der Waals surface area (Å²) >= 11 is 0. The van der Waals surface area contributed by atoms with Gasteiger partial charge in [0.15, 0.2) is 0 Å². The lowest BCUT2D eigenvalue weighted by Crippen LogP contribution is -2.49. The van der Waals surface area contributed by atoms with E-state index in [9.17, 15) is 9.90 Å². The number of aromatic nitrogens is 2. The fourth-order valence-corrected chi connectivity index (χ4v) is 4.38. The molecule has 4 rings (SSSR count). The monoisotopic (exact) mass is 398 g/mol. The van der Waals surface area contributed by atoms with Gasteiger partial charge in [-0.1, -0.05) is 6.07 Å². The molecule has 1 saturated carbocycles. The number of hydrogen-bond donors (Lipinski definition) is 2. The molecule has 2 N–H and O–H groups in total. The van der Waals surface area contributed by atoms with Crippen molar-refractivity contribution in [3.05, 3.63) is 48.5 Å². The van der Waals surface area contributed by atoms with Crippen LogP contribution in [0.15, 0.2) is 43.0 Å². The number of nitrogens with one attached hydrogen (secondary N) is 1. The minimum atomic E-state index is -0.637. The minimum Gasteiger partial charge on any atom is -0.492 e. The summed E-state index contributed by atoms with van der Waals surface area (Å²) in [5, 5.41) is 13.8. The predicted molar refractivity (Wildman–Crippen MR) is 110 cm³/mol. The van der Waals surface area contributed by atoms with Crippen molar-refractivity contribution in [3.8, 4) is 5.75 Å². The lowest BCUT2D eigenvalue weighted by atomic mass is 9.87. The first kappa shape index (κ1) is 19.9. The van der Waals surface area contributed by atoms with E-state index in [-0.39, 0.29) is 18.0 Å². The molecular weight excluding hydrogens is 368 g/mol. The van der Waals surface area contributed by atoms with Crippen LogP contribution in [0.25, 0.3) is 0 Å². The Bertz CT molecular complexity index is 789. The lowest BCUT2D eigenvalue weighted by Gasteiger charge is -2.35. The normalized spacial score (nSPS) is 25.1. The summed E-state index contributed by atoms with van der Waals surface area (Å²) in [6.07, 6.45) is 9.79. The van der Waals surface area contributed by atoms with Crippen LogP contribution in [0.2, 0.25) is 0 Å². The molecule has 2 aliphatic rings. The Labute approximate surface area is 171 Å². The molecule has 2 heterocycles. The van der Waals surface area contributed by atoms with Gasteiger partial charge in [-0.05, 0) is 63.4 Å². The zero-order valence-electron chi connectivity index (χ0n) is 16.7. The molecule has 1 saturated heterocycles. The molecule has 2 aromatic rings. The molecule has 0 unspecified atom stereocenters. The topological polar surface area (TPSA) is 79.6 Å². The lowest BCUT2D eigenvalue weighted by molar-refractivity contribution is 0.0399. The van der Waals surface area contributed by atoms with E-state index < -0.39 is 6.10 Å². The van der Waals surface area contributed by atoms with Gasteiger partial charge in [0, 0.05) is 24.5 Å². The molecule has 7 heteroatoms. The zero-order chi connectivity index (χ0) is 20.1. The largest absolute Gasteiger partial charge is 0.492 e. The summed E-state index contributed by atoms with van der Waals surface area (Å²) in [6.45, 7) is 3.84. The number of likely N-dealkylation sites (tertiary alicyclic amines) is 1. The molecule has 1 amide bonds.